The van der Waals surface area contributed by atoms with Crippen molar-refractivity contribution in [2.45, 2.75) is 78.6 Å². The summed E-state index contributed by atoms with van der Waals surface area (Å²) in [6.45, 7) is 11.0. The fourth-order valence-electron chi connectivity index (χ4n) is 6.63. The smallest absolute Gasteiger partial charge is 0.416 e. The number of imidazole rings is 1. The van der Waals surface area contributed by atoms with Crippen LogP contribution in [0.4, 0.5) is 17.6 Å². The van der Waals surface area contributed by atoms with Crippen LogP contribution in [-0.4, -0.2) is 57.0 Å². The lowest BCUT2D eigenvalue weighted by Gasteiger charge is -2.31. The number of hydrogen-bond acceptors (Lipinski definition) is 6. The summed E-state index contributed by atoms with van der Waals surface area (Å²) in [5.74, 6) is -1.72. The van der Waals surface area contributed by atoms with E-state index in [1.165, 1.54) is 18.3 Å². The molecule has 1 saturated heterocycles. The molecular weight excluding hydrogens is 654 g/mol. The van der Waals surface area contributed by atoms with Crippen LogP contribution in [0.1, 0.15) is 79.9 Å². The molecule has 13 heteroatoms. The number of pyridine rings is 2. The van der Waals surface area contributed by atoms with Crippen LogP contribution in [0.2, 0.25) is 0 Å². The maximum Gasteiger partial charge on any atom is 0.416 e. The first kappa shape index (κ1) is 36.8. The number of esters is 1. The number of likely N-dealkylation sites (tertiary alicyclic amines) is 1. The Kier molecular flexibility index (Phi) is 11.1. The van der Waals surface area contributed by atoms with Gasteiger partial charge in [0.25, 0.3) is 5.56 Å². The summed E-state index contributed by atoms with van der Waals surface area (Å²) in [4.78, 5) is 47.0. The molecular formula is C37H43F4N5O4. The molecule has 0 aliphatic carbocycles. The Morgan fingerprint density at radius 1 is 1.06 bits per heavy atom. The maximum atomic E-state index is 14.3. The van der Waals surface area contributed by atoms with Crippen LogP contribution < -0.4 is 10.9 Å². The number of ether oxygens (including phenoxy) is 1. The molecule has 50 heavy (non-hydrogen) atoms. The van der Waals surface area contributed by atoms with E-state index in [9.17, 15) is 31.9 Å². The van der Waals surface area contributed by atoms with Crippen molar-refractivity contribution in [1.29, 1.82) is 0 Å². The zero-order chi connectivity index (χ0) is 36.3. The van der Waals surface area contributed by atoms with E-state index in [0.29, 0.717) is 40.6 Å². The van der Waals surface area contributed by atoms with Gasteiger partial charge in [-0.15, -0.1) is 0 Å². The van der Waals surface area contributed by atoms with Gasteiger partial charge in [0.05, 0.1) is 30.3 Å². The Morgan fingerprint density at radius 3 is 2.36 bits per heavy atom. The van der Waals surface area contributed by atoms with Crippen LogP contribution in [0.3, 0.4) is 0 Å². The zero-order valence-corrected chi connectivity index (χ0v) is 28.9. The Balaban J connectivity index is 1.58. The number of aryl methyl sites for hydroxylation is 2. The first-order valence-corrected chi connectivity index (χ1v) is 16.9. The van der Waals surface area contributed by atoms with E-state index in [1.54, 1.807) is 45.3 Å². The lowest BCUT2D eigenvalue weighted by molar-refractivity contribution is -0.144. The van der Waals surface area contributed by atoms with Gasteiger partial charge in [-0.2, -0.15) is 13.2 Å². The van der Waals surface area contributed by atoms with Gasteiger partial charge in [0.15, 0.2) is 0 Å². The molecule has 268 valence electrons. The third-order valence-electron chi connectivity index (χ3n) is 9.12. The molecule has 5 rings (SSSR count). The van der Waals surface area contributed by atoms with Crippen LogP contribution in [0.15, 0.2) is 53.7 Å². The highest BCUT2D eigenvalue weighted by Crippen LogP contribution is 2.34. The quantitative estimate of drug-likeness (QED) is 0.125. The molecule has 1 aliphatic rings. The first-order valence-electron chi connectivity index (χ1n) is 16.9. The minimum Gasteiger partial charge on any atom is -0.466 e. The predicted octanol–water partition coefficient (Wildman–Crippen LogP) is 6.58. The summed E-state index contributed by atoms with van der Waals surface area (Å²) < 4.78 is 64.7. The van der Waals surface area contributed by atoms with Crippen molar-refractivity contribution < 1.29 is 31.9 Å². The lowest BCUT2D eigenvalue weighted by atomic mass is 9.95. The van der Waals surface area contributed by atoms with Gasteiger partial charge < -0.3 is 19.5 Å². The Bertz CT molecular complexity index is 1910. The fraction of sp³-hybridized carbons (Fsp3) is 0.459. The second-order valence-electron chi connectivity index (χ2n) is 13.4. The lowest BCUT2D eigenvalue weighted by Crippen LogP contribution is -2.41. The molecule has 2 unspecified atom stereocenters. The molecule has 1 amide bonds. The largest absolute Gasteiger partial charge is 0.466 e. The minimum atomic E-state index is -4.74. The first-order chi connectivity index (χ1) is 23.7. The van der Waals surface area contributed by atoms with E-state index in [2.05, 4.69) is 10.3 Å². The number of hydrogen-bond donors (Lipinski definition) is 1. The van der Waals surface area contributed by atoms with Crippen LogP contribution >= 0.6 is 0 Å². The van der Waals surface area contributed by atoms with E-state index in [1.807, 2.05) is 23.1 Å². The van der Waals surface area contributed by atoms with Crippen LogP contribution in [0, 0.1) is 25.6 Å². The number of fused-ring (bicyclic) bond motifs is 1. The van der Waals surface area contributed by atoms with Crippen molar-refractivity contribution in [2.24, 2.45) is 5.92 Å². The standard InChI is InChI=1S/C37H43F4N5O4/c1-6-50-34(48)20-29(26-17-30(45-13-9-42-32(45)18-26)35-23(4)15-27(38)16-24(35)5)43-36(49)31(14-22(2)3)46-21-25(8-12-44-10-7-11-44)28(19-33(46)47)37(39,40)41/h9,13,15-19,21-22,29,31H,6-8,10-12,14,20H2,1-5H3,(H,43,49). The Morgan fingerprint density at radius 2 is 1.76 bits per heavy atom. The van der Waals surface area contributed by atoms with E-state index in [0.717, 1.165) is 29.6 Å². The van der Waals surface area contributed by atoms with Gasteiger partial charge in [0.1, 0.15) is 17.5 Å². The molecule has 9 nitrogen and oxygen atoms in total. The van der Waals surface area contributed by atoms with Gasteiger partial charge in [-0.1, -0.05) is 13.8 Å². The summed E-state index contributed by atoms with van der Waals surface area (Å²) in [5, 5.41) is 2.93. The van der Waals surface area contributed by atoms with E-state index < -0.39 is 41.3 Å². The highest BCUT2D eigenvalue weighted by Gasteiger charge is 2.36. The minimum absolute atomic E-state index is 0.0615. The summed E-state index contributed by atoms with van der Waals surface area (Å²) in [5.41, 5.74) is 1.73. The number of nitrogens with zero attached hydrogens (tertiary/aromatic N) is 4. The topological polar surface area (TPSA) is 97.9 Å². The molecule has 4 aromatic rings. The molecule has 0 saturated carbocycles. The molecule has 0 radical (unpaired) electrons. The summed E-state index contributed by atoms with van der Waals surface area (Å²) in [7, 11) is 0. The molecule has 1 aromatic carbocycles. The monoisotopic (exact) mass is 697 g/mol. The van der Waals surface area contributed by atoms with Crippen molar-refractivity contribution in [3.63, 3.8) is 0 Å². The van der Waals surface area contributed by atoms with Crippen molar-refractivity contribution in [3.8, 4) is 11.3 Å². The highest BCUT2D eigenvalue weighted by molar-refractivity contribution is 5.82. The highest BCUT2D eigenvalue weighted by atomic mass is 19.4. The maximum absolute atomic E-state index is 14.3. The zero-order valence-electron chi connectivity index (χ0n) is 28.9. The number of carbonyl (C=O) groups is 2. The summed E-state index contributed by atoms with van der Waals surface area (Å²) in [6, 6.07) is 4.80. The van der Waals surface area contributed by atoms with Crippen LogP contribution in [0.5, 0.6) is 0 Å². The van der Waals surface area contributed by atoms with E-state index in [-0.39, 0.29) is 43.2 Å². The van der Waals surface area contributed by atoms with Crippen molar-refractivity contribution >= 4 is 17.5 Å². The average Bonchev–Trinajstić information content (AvgIpc) is 3.47. The van der Waals surface area contributed by atoms with Crippen molar-refractivity contribution in [1.82, 2.24) is 24.2 Å². The summed E-state index contributed by atoms with van der Waals surface area (Å²) in [6.07, 6.45) is 0.706. The van der Waals surface area contributed by atoms with Gasteiger partial charge >= 0.3 is 12.1 Å². The third-order valence-corrected chi connectivity index (χ3v) is 9.12. The second-order valence-corrected chi connectivity index (χ2v) is 13.4. The average molecular weight is 698 g/mol. The SMILES string of the molecule is CCOC(=O)CC(NC(=O)C(CC(C)C)n1cc(CCN2CCC2)c(C(F)(F)F)cc1=O)c1cc(-c2c(C)cc(F)cc2C)n2ccnc2c1. The van der Waals surface area contributed by atoms with Crippen LogP contribution in [0.25, 0.3) is 16.9 Å². The number of benzene rings is 1. The van der Waals surface area contributed by atoms with Gasteiger partial charge in [-0.25, -0.2) is 9.37 Å². The van der Waals surface area contributed by atoms with Crippen molar-refractivity contribution in [2.75, 3.05) is 26.2 Å². The third kappa shape index (κ3) is 8.26. The molecule has 4 heterocycles. The molecule has 1 fully saturated rings. The van der Waals surface area contributed by atoms with E-state index >= 15 is 0 Å². The van der Waals surface area contributed by atoms with Gasteiger partial charge in [0.2, 0.25) is 5.91 Å². The number of aromatic nitrogens is 3. The molecule has 2 atom stereocenters. The van der Waals surface area contributed by atoms with Gasteiger partial charge in [-0.05, 0) is 106 Å². The fourth-order valence-corrected chi connectivity index (χ4v) is 6.63. The molecule has 1 N–H and O–H groups in total. The van der Waals surface area contributed by atoms with Gasteiger partial charge in [0, 0.05) is 36.8 Å². The molecule has 1 aliphatic heterocycles. The Labute approximate surface area is 288 Å². The van der Waals surface area contributed by atoms with Crippen molar-refractivity contribution in [3.05, 3.63) is 92.9 Å². The number of halogens is 4. The second kappa shape index (κ2) is 15.2. The normalized spacial score (nSPS) is 14.8. The number of amides is 1. The number of rotatable bonds is 13. The Hall–Kier alpha value is -4.52. The number of carbonyl (C=O) groups excluding carboxylic acids is 2. The molecule has 0 spiro atoms. The van der Waals surface area contributed by atoms with Gasteiger partial charge in [-0.3, -0.25) is 18.8 Å². The number of alkyl halides is 3. The summed E-state index contributed by atoms with van der Waals surface area (Å²) >= 11 is 0. The predicted molar refractivity (Wildman–Crippen MR) is 181 cm³/mol. The van der Waals surface area contributed by atoms with Crippen LogP contribution in [-0.2, 0) is 26.9 Å². The molecule has 3 aromatic heterocycles. The van der Waals surface area contributed by atoms with E-state index in [4.69, 9.17) is 4.74 Å². The number of nitrogens with one attached hydrogen (secondary N) is 1. The molecule has 0 bridgehead atoms.